The Bertz CT molecular complexity index is 369. The predicted molar refractivity (Wildman–Crippen MR) is 71.9 cm³/mol. The summed E-state index contributed by atoms with van der Waals surface area (Å²) in [5.74, 6) is 1.41. The maximum Gasteiger partial charge on any atom is 0.183 e. The van der Waals surface area contributed by atoms with Gasteiger partial charge in [0.15, 0.2) is 11.5 Å². The van der Waals surface area contributed by atoms with E-state index in [9.17, 15) is 0 Å². The standard InChI is InChI=1S/C13H23N3O2/c1-10(14)6-8-16(2)9-11-13(18-4)12(17-3)5-7-15-11/h5,7,10H,6,8-9,14H2,1-4H3. The second-order valence-electron chi connectivity index (χ2n) is 4.50. The van der Waals surface area contributed by atoms with Crippen molar-refractivity contribution >= 4 is 0 Å². The third-order valence-electron chi connectivity index (χ3n) is 2.75. The molecule has 1 rings (SSSR count). The Morgan fingerprint density at radius 1 is 1.39 bits per heavy atom. The quantitative estimate of drug-likeness (QED) is 0.793. The minimum atomic E-state index is 0.215. The first-order chi connectivity index (χ1) is 8.58. The number of methoxy groups -OCH3 is 2. The van der Waals surface area contributed by atoms with Crippen LogP contribution in [0.2, 0.25) is 0 Å². The molecule has 0 aliphatic carbocycles. The zero-order chi connectivity index (χ0) is 13.5. The number of ether oxygens (including phenoxy) is 2. The normalized spacial score (nSPS) is 12.6. The molecule has 0 radical (unpaired) electrons. The van der Waals surface area contributed by atoms with Gasteiger partial charge in [-0.3, -0.25) is 4.98 Å². The molecule has 2 N–H and O–H groups in total. The number of rotatable bonds is 7. The third-order valence-corrected chi connectivity index (χ3v) is 2.75. The summed E-state index contributed by atoms with van der Waals surface area (Å²) in [6, 6.07) is 2.01. The molecule has 5 heteroatoms. The van der Waals surface area contributed by atoms with Gasteiger partial charge in [0.05, 0.1) is 14.2 Å². The summed E-state index contributed by atoms with van der Waals surface area (Å²) < 4.78 is 10.6. The van der Waals surface area contributed by atoms with Crippen molar-refractivity contribution in [3.05, 3.63) is 18.0 Å². The maximum absolute atomic E-state index is 5.75. The zero-order valence-corrected chi connectivity index (χ0v) is 11.6. The number of hydrogen-bond acceptors (Lipinski definition) is 5. The summed E-state index contributed by atoms with van der Waals surface area (Å²) in [4.78, 5) is 6.52. The SMILES string of the molecule is COc1ccnc(CN(C)CCC(C)N)c1OC. The van der Waals surface area contributed by atoms with Gasteiger partial charge in [-0.05, 0) is 26.9 Å². The van der Waals surface area contributed by atoms with Crippen LogP contribution in [0.1, 0.15) is 19.0 Å². The largest absolute Gasteiger partial charge is 0.493 e. The average Bonchev–Trinajstić information content (AvgIpc) is 2.36. The fraction of sp³-hybridized carbons (Fsp3) is 0.615. The third kappa shape index (κ3) is 4.16. The molecule has 0 aliphatic rings. The van der Waals surface area contributed by atoms with Crippen molar-refractivity contribution in [2.45, 2.75) is 25.9 Å². The van der Waals surface area contributed by atoms with E-state index in [0.717, 1.165) is 18.7 Å². The van der Waals surface area contributed by atoms with Crippen molar-refractivity contribution in [3.63, 3.8) is 0 Å². The maximum atomic E-state index is 5.75. The minimum Gasteiger partial charge on any atom is -0.493 e. The van der Waals surface area contributed by atoms with Crippen LogP contribution in [0.25, 0.3) is 0 Å². The molecule has 1 aromatic heterocycles. The van der Waals surface area contributed by atoms with Crippen molar-refractivity contribution in [2.75, 3.05) is 27.8 Å². The van der Waals surface area contributed by atoms with E-state index in [1.165, 1.54) is 0 Å². The lowest BCUT2D eigenvalue weighted by molar-refractivity contribution is 0.295. The highest BCUT2D eigenvalue weighted by atomic mass is 16.5. The van der Waals surface area contributed by atoms with Crippen LogP contribution in [-0.4, -0.2) is 43.7 Å². The number of hydrogen-bond donors (Lipinski definition) is 1. The second kappa shape index (κ2) is 7.18. The van der Waals surface area contributed by atoms with Crippen molar-refractivity contribution in [1.29, 1.82) is 0 Å². The molecule has 5 nitrogen and oxygen atoms in total. The van der Waals surface area contributed by atoms with E-state index in [-0.39, 0.29) is 6.04 Å². The van der Waals surface area contributed by atoms with E-state index >= 15 is 0 Å². The second-order valence-corrected chi connectivity index (χ2v) is 4.50. The van der Waals surface area contributed by atoms with Crippen LogP contribution >= 0.6 is 0 Å². The lowest BCUT2D eigenvalue weighted by atomic mass is 10.2. The molecule has 0 amide bonds. The molecule has 18 heavy (non-hydrogen) atoms. The highest BCUT2D eigenvalue weighted by Crippen LogP contribution is 2.29. The van der Waals surface area contributed by atoms with Gasteiger partial charge in [0.2, 0.25) is 0 Å². The summed E-state index contributed by atoms with van der Waals surface area (Å²) in [7, 11) is 5.30. The van der Waals surface area contributed by atoms with Crippen LogP contribution in [-0.2, 0) is 6.54 Å². The molecule has 0 spiro atoms. The fourth-order valence-corrected chi connectivity index (χ4v) is 1.72. The van der Waals surface area contributed by atoms with Gasteiger partial charge >= 0.3 is 0 Å². The van der Waals surface area contributed by atoms with E-state index in [2.05, 4.69) is 9.88 Å². The first-order valence-electron chi connectivity index (χ1n) is 6.08. The van der Waals surface area contributed by atoms with Crippen LogP contribution in [0.15, 0.2) is 12.3 Å². The monoisotopic (exact) mass is 253 g/mol. The Balaban J connectivity index is 2.71. The van der Waals surface area contributed by atoms with Crippen molar-refractivity contribution in [1.82, 2.24) is 9.88 Å². The molecule has 0 fully saturated rings. The number of nitrogens with zero attached hydrogens (tertiary/aromatic N) is 2. The van der Waals surface area contributed by atoms with E-state index in [0.29, 0.717) is 18.0 Å². The summed E-state index contributed by atoms with van der Waals surface area (Å²) >= 11 is 0. The lowest BCUT2D eigenvalue weighted by Crippen LogP contribution is -2.26. The molecule has 1 atom stereocenters. The Morgan fingerprint density at radius 3 is 2.67 bits per heavy atom. The van der Waals surface area contributed by atoms with Gasteiger partial charge < -0.3 is 20.1 Å². The van der Waals surface area contributed by atoms with Gasteiger partial charge in [0.25, 0.3) is 0 Å². The molecule has 1 heterocycles. The number of aromatic nitrogens is 1. The average molecular weight is 253 g/mol. The van der Waals surface area contributed by atoms with E-state index in [1.54, 1.807) is 26.5 Å². The Kier molecular flexibility index (Phi) is 5.88. The van der Waals surface area contributed by atoms with Crippen molar-refractivity contribution < 1.29 is 9.47 Å². The lowest BCUT2D eigenvalue weighted by Gasteiger charge is -2.19. The van der Waals surface area contributed by atoms with Crippen molar-refractivity contribution in [2.24, 2.45) is 5.73 Å². The molecule has 0 aromatic carbocycles. The van der Waals surface area contributed by atoms with Gasteiger partial charge in [-0.25, -0.2) is 0 Å². The van der Waals surface area contributed by atoms with E-state index in [1.807, 2.05) is 14.0 Å². The van der Waals surface area contributed by atoms with Gasteiger partial charge in [-0.2, -0.15) is 0 Å². The Labute approximate surface area is 109 Å². The molecule has 102 valence electrons. The highest BCUT2D eigenvalue weighted by molar-refractivity contribution is 5.42. The summed E-state index contributed by atoms with van der Waals surface area (Å²) in [6.07, 6.45) is 2.69. The van der Waals surface area contributed by atoms with Crippen LogP contribution in [0, 0.1) is 0 Å². The van der Waals surface area contributed by atoms with Crippen LogP contribution in [0.4, 0.5) is 0 Å². The van der Waals surface area contributed by atoms with Gasteiger partial charge in [-0.1, -0.05) is 0 Å². The zero-order valence-electron chi connectivity index (χ0n) is 11.6. The molecule has 0 bridgehead atoms. The number of pyridine rings is 1. The van der Waals surface area contributed by atoms with E-state index < -0.39 is 0 Å². The van der Waals surface area contributed by atoms with Crippen LogP contribution in [0.3, 0.4) is 0 Å². The molecule has 0 saturated heterocycles. The van der Waals surface area contributed by atoms with Crippen LogP contribution < -0.4 is 15.2 Å². The minimum absolute atomic E-state index is 0.215. The van der Waals surface area contributed by atoms with Crippen molar-refractivity contribution in [3.8, 4) is 11.5 Å². The Morgan fingerprint density at radius 2 is 2.11 bits per heavy atom. The van der Waals surface area contributed by atoms with Gasteiger partial charge in [0, 0.05) is 24.8 Å². The molecule has 0 saturated carbocycles. The van der Waals surface area contributed by atoms with Gasteiger partial charge in [0.1, 0.15) is 5.69 Å². The van der Waals surface area contributed by atoms with E-state index in [4.69, 9.17) is 15.2 Å². The van der Waals surface area contributed by atoms with Gasteiger partial charge in [-0.15, -0.1) is 0 Å². The summed E-state index contributed by atoms with van der Waals surface area (Å²) in [5, 5.41) is 0. The Hall–Kier alpha value is -1.33. The molecular weight excluding hydrogens is 230 g/mol. The first-order valence-corrected chi connectivity index (χ1v) is 6.08. The summed E-state index contributed by atoms with van der Waals surface area (Å²) in [6.45, 7) is 3.66. The smallest absolute Gasteiger partial charge is 0.183 e. The first kappa shape index (κ1) is 14.7. The summed E-state index contributed by atoms with van der Waals surface area (Å²) in [5.41, 5.74) is 6.63. The molecular formula is C13H23N3O2. The number of nitrogens with two attached hydrogens (primary N) is 1. The highest BCUT2D eigenvalue weighted by Gasteiger charge is 2.12. The fourth-order valence-electron chi connectivity index (χ4n) is 1.72. The molecule has 1 aromatic rings. The van der Waals surface area contributed by atoms with Crippen LogP contribution in [0.5, 0.6) is 11.5 Å². The topological polar surface area (TPSA) is 60.6 Å². The molecule has 1 unspecified atom stereocenters. The molecule has 0 aliphatic heterocycles. The predicted octanol–water partition coefficient (Wildman–Crippen LogP) is 1.27.